The lowest BCUT2D eigenvalue weighted by atomic mass is 9.95. The second-order valence-electron chi connectivity index (χ2n) is 9.06. The van der Waals surface area contributed by atoms with Crippen molar-refractivity contribution in [3.63, 3.8) is 0 Å². The molecule has 4 rings (SSSR count). The highest BCUT2D eigenvalue weighted by atomic mass is 32.1. The quantitative estimate of drug-likeness (QED) is 0.280. The average molecular weight is 479 g/mol. The zero-order chi connectivity index (χ0) is 24.6. The number of amides is 1. The lowest BCUT2D eigenvalue weighted by molar-refractivity contribution is -0.131. The van der Waals surface area contributed by atoms with Gasteiger partial charge in [0.05, 0.1) is 6.04 Å². The van der Waals surface area contributed by atoms with Gasteiger partial charge in [0, 0.05) is 28.8 Å². The van der Waals surface area contributed by atoms with Gasteiger partial charge in [-0.1, -0.05) is 24.3 Å². The number of nitrogens with one attached hydrogen (secondary N) is 2. The highest BCUT2D eigenvalue weighted by Crippen LogP contribution is 2.40. The van der Waals surface area contributed by atoms with Crippen molar-refractivity contribution in [1.29, 1.82) is 0 Å². The summed E-state index contributed by atoms with van der Waals surface area (Å²) in [7, 11) is 0. The molecule has 2 aromatic heterocycles. The van der Waals surface area contributed by atoms with Gasteiger partial charge in [-0.3, -0.25) is 9.59 Å². The molecule has 0 radical (unpaired) electrons. The molecule has 2 heterocycles. The fourth-order valence-corrected chi connectivity index (χ4v) is 4.66. The Bertz CT molecular complexity index is 1440. The summed E-state index contributed by atoms with van der Waals surface area (Å²) in [6.07, 6.45) is -0.487. The number of ether oxygens (including phenoxy) is 2. The van der Waals surface area contributed by atoms with Gasteiger partial charge in [-0.05, 0) is 62.4 Å². The average Bonchev–Trinajstić information content (AvgIpc) is 3.23. The van der Waals surface area contributed by atoms with Gasteiger partial charge in [0.1, 0.15) is 16.1 Å². The monoisotopic (exact) mass is 478 g/mol. The highest BCUT2D eigenvalue weighted by molar-refractivity contribution is 7.17. The number of fused-ring (bicyclic) bond motifs is 3. The number of rotatable bonds is 4. The predicted octanol–water partition coefficient (Wildman–Crippen LogP) is 5.92. The zero-order valence-corrected chi connectivity index (χ0v) is 20.5. The van der Waals surface area contributed by atoms with Crippen LogP contribution in [0.1, 0.15) is 46.2 Å². The molecule has 0 aliphatic heterocycles. The van der Waals surface area contributed by atoms with E-state index in [2.05, 4.69) is 10.3 Å². The standard InChI is InChI=1S/C26H26N2O5S/c1-14(27-25(31)33-26(3,4)5)16-6-8-17(9-7-16)21-20(32-15(2)29)11-10-19-22(21)18-12-13-34-23(18)24(30)28-19/h6-14H,1-5H3,(H,27,31)(H,28,30). The summed E-state index contributed by atoms with van der Waals surface area (Å²) >= 11 is 1.36. The van der Waals surface area contributed by atoms with Crippen LogP contribution in [0.15, 0.2) is 52.6 Å². The number of aromatic amines is 1. The van der Waals surface area contributed by atoms with Crippen LogP contribution in [-0.4, -0.2) is 22.6 Å². The number of carbonyl (C=O) groups is 2. The first-order chi connectivity index (χ1) is 16.0. The smallest absolute Gasteiger partial charge is 0.408 e. The lowest BCUT2D eigenvalue weighted by Gasteiger charge is -2.22. The lowest BCUT2D eigenvalue weighted by Crippen LogP contribution is -2.34. The van der Waals surface area contributed by atoms with Crippen molar-refractivity contribution < 1.29 is 19.1 Å². The Labute approximate surface area is 200 Å². The number of alkyl carbamates (subject to hydrolysis) is 1. The number of H-pyrrole nitrogens is 1. The number of hydrogen-bond donors (Lipinski definition) is 2. The number of pyridine rings is 1. The molecule has 2 aromatic carbocycles. The van der Waals surface area contributed by atoms with Crippen LogP contribution in [0, 0.1) is 0 Å². The van der Waals surface area contributed by atoms with E-state index in [1.54, 1.807) is 12.1 Å². The molecule has 0 saturated heterocycles. The van der Waals surface area contributed by atoms with Crippen molar-refractivity contribution in [3.8, 4) is 16.9 Å². The van der Waals surface area contributed by atoms with Gasteiger partial charge >= 0.3 is 12.1 Å². The van der Waals surface area contributed by atoms with Gasteiger partial charge in [0.25, 0.3) is 5.56 Å². The second kappa shape index (κ2) is 8.95. The van der Waals surface area contributed by atoms with Crippen LogP contribution in [-0.2, 0) is 9.53 Å². The SMILES string of the molecule is CC(=O)Oc1ccc2[nH]c(=O)c3sccc3c2c1-c1ccc(C(C)NC(=O)OC(C)(C)C)cc1. The zero-order valence-electron chi connectivity index (χ0n) is 19.6. The number of carbonyl (C=O) groups excluding carboxylic acids is 2. The third-order valence-electron chi connectivity index (χ3n) is 5.24. The first kappa shape index (κ1) is 23.5. The number of esters is 1. The second-order valence-corrected chi connectivity index (χ2v) is 9.98. The Morgan fingerprint density at radius 3 is 2.41 bits per heavy atom. The van der Waals surface area contributed by atoms with E-state index in [-0.39, 0.29) is 11.6 Å². The van der Waals surface area contributed by atoms with Gasteiger partial charge < -0.3 is 19.8 Å². The Kier molecular flexibility index (Phi) is 6.18. The molecule has 1 atom stereocenters. The molecule has 0 spiro atoms. The molecular weight excluding hydrogens is 452 g/mol. The van der Waals surface area contributed by atoms with Crippen molar-refractivity contribution >= 4 is 44.4 Å². The maximum absolute atomic E-state index is 12.5. The summed E-state index contributed by atoms with van der Waals surface area (Å²) in [4.78, 5) is 39.4. The fourth-order valence-electron chi connectivity index (χ4n) is 3.86. The maximum Gasteiger partial charge on any atom is 0.408 e. The van der Waals surface area contributed by atoms with Crippen LogP contribution in [0.25, 0.3) is 32.1 Å². The van der Waals surface area contributed by atoms with E-state index >= 15 is 0 Å². The Morgan fingerprint density at radius 2 is 1.76 bits per heavy atom. The summed E-state index contributed by atoms with van der Waals surface area (Å²) in [6.45, 7) is 8.67. The highest BCUT2D eigenvalue weighted by Gasteiger charge is 2.20. The van der Waals surface area contributed by atoms with Crippen molar-refractivity contribution in [3.05, 3.63) is 63.8 Å². The van der Waals surface area contributed by atoms with E-state index in [1.807, 2.05) is 63.4 Å². The molecule has 0 saturated carbocycles. The number of thiophene rings is 1. The third kappa shape index (κ3) is 4.82. The topological polar surface area (TPSA) is 97.5 Å². The van der Waals surface area contributed by atoms with Gasteiger partial charge in [-0.2, -0.15) is 0 Å². The minimum absolute atomic E-state index is 0.152. The van der Waals surface area contributed by atoms with Crippen molar-refractivity contribution in [2.45, 2.75) is 46.3 Å². The Morgan fingerprint density at radius 1 is 1.06 bits per heavy atom. The van der Waals surface area contributed by atoms with Crippen molar-refractivity contribution in [2.24, 2.45) is 0 Å². The third-order valence-corrected chi connectivity index (χ3v) is 6.16. The minimum Gasteiger partial charge on any atom is -0.444 e. The molecule has 7 nitrogen and oxygen atoms in total. The van der Waals surface area contributed by atoms with Gasteiger partial charge in [0.2, 0.25) is 0 Å². The molecular formula is C26H26N2O5S. The molecule has 1 amide bonds. The van der Waals surface area contributed by atoms with E-state index in [0.717, 1.165) is 21.9 Å². The van der Waals surface area contributed by atoms with E-state index in [4.69, 9.17) is 9.47 Å². The molecule has 0 aliphatic rings. The van der Waals surface area contributed by atoms with E-state index < -0.39 is 17.7 Å². The van der Waals surface area contributed by atoms with E-state index in [9.17, 15) is 14.4 Å². The maximum atomic E-state index is 12.5. The Balaban J connectivity index is 1.78. The van der Waals surface area contributed by atoms with Crippen LogP contribution in [0.5, 0.6) is 5.75 Å². The molecule has 0 fully saturated rings. The van der Waals surface area contributed by atoms with Gasteiger partial charge in [-0.25, -0.2) is 4.79 Å². The largest absolute Gasteiger partial charge is 0.444 e. The molecule has 1 unspecified atom stereocenters. The predicted molar refractivity (Wildman–Crippen MR) is 134 cm³/mol. The van der Waals surface area contributed by atoms with Gasteiger partial charge in [-0.15, -0.1) is 11.3 Å². The van der Waals surface area contributed by atoms with Crippen LogP contribution >= 0.6 is 11.3 Å². The normalized spacial score (nSPS) is 12.5. The summed E-state index contributed by atoms with van der Waals surface area (Å²) < 4.78 is 11.5. The Hall–Kier alpha value is -3.65. The molecule has 2 N–H and O–H groups in total. The van der Waals surface area contributed by atoms with Crippen molar-refractivity contribution in [2.75, 3.05) is 0 Å². The molecule has 0 bridgehead atoms. The fraction of sp³-hybridized carbons (Fsp3) is 0.269. The van der Waals surface area contributed by atoms with Crippen molar-refractivity contribution in [1.82, 2.24) is 10.3 Å². The molecule has 176 valence electrons. The van der Waals surface area contributed by atoms with Crippen LogP contribution < -0.4 is 15.6 Å². The van der Waals surface area contributed by atoms with E-state index in [1.165, 1.54) is 18.3 Å². The van der Waals surface area contributed by atoms with E-state index in [0.29, 0.717) is 21.5 Å². The summed E-state index contributed by atoms with van der Waals surface area (Å²) in [5, 5.41) is 6.32. The number of hydrogen-bond acceptors (Lipinski definition) is 6. The van der Waals surface area contributed by atoms with Crippen LogP contribution in [0.3, 0.4) is 0 Å². The summed E-state index contributed by atoms with van der Waals surface area (Å²) in [6, 6.07) is 12.7. The minimum atomic E-state index is -0.580. The first-order valence-corrected chi connectivity index (χ1v) is 11.8. The number of benzene rings is 2. The molecule has 8 heteroatoms. The first-order valence-electron chi connectivity index (χ1n) is 10.9. The van der Waals surface area contributed by atoms with Crippen LogP contribution in [0.2, 0.25) is 0 Å². The van der Waals surface area contributed by atoms with Crippen LogP contribution in [0.4, 0.5) is 4.79 Å². The molecule has 0 aliphatic carbocycles. The molecule has 4 aromatic rings. The number of aromatic nitrogens is 1. The van der Waals surface area contributed by atoms with Gasteiger partial charge in [0.15, 0.2) is 0 Å². The summed E-state index contributed by atoms with van der Waals surface area (Å²) in [5.41, 5.74) is 2.34. The summed E-state index contributed by atoms with van der Waals surface area (Å²) in [5.74, 6) is -0.0226. The molecule has 34 heavy (non-hydrogen) atoms.